The second kappa shape index (κ2) is 6.31. The van der Waals surface area contributed by atoms with E-state index in [4.69, 9.17) is 0 Å². The van der Waals surface area contributed by atoms with Crippen LogP contribution in [-0.4, -0.2) is 56.6 Å². The van der Waals surface area contributed by atoms with Crippen LogP contribution in [0.1, 0.15) is 27.6 Å². The summed E-state index contributed by atoms with van der Waals surface area (Å²) >= 11 is 1.47. The van der Waals surface area contributed by atoms with Gasteiger partial charge in [-0.2, -0.15) is 0 Å². The normalized spacial score (nSPS) is 11.3. The molecule has 0 radical (unpaired) electrons. The molecule has 21 heavy (non-hydrogen) atoms. The van der Waals surface area contributed by atoms with Gasteiger partial charge in [-0.15, -0.1) is 16.4 Å². The van der Waals surface area contributed by atoms with Gasteiger partial charge in [0.05, 0.1) is 15.6 Å². The van der Waals surface area contributed by atoms with Gasteiger partial charge in [0.25, 0.3) is 0 Å². The van der Waals surface area contributed by atoms with Crippen molar-refractivity contribution in [3.8, 4) is 10.6 Å². The van der Waals surface area contributed by atoms with Crippen molar-refractivity contribution >= 4 is 17.3 Å². The van der Waals surface area contributed by atoms with Crippen molar-refractivity contribution < 1.29 is 9.90 Å². The Morgan fingerprint density at radius 1 is 1.38 bits per heavy atom. The van der Waals surface area contributed by atoms with Crippen LogP contribution >= 0.6 is 11.3 Å². The molecule has 0 atom stereocenters. The lowest BCUT2D eigenvalue weighted by Crippen LogP contribution is -2.16. The van der Waals surface area contributed by atoms with Gasteiger partial charge in [0, 0.05) is 6.54 Å². The molecule has 2 rings (SSSR count). The Labute approximate surface area is 127 Å². The summed E-state index contributed by atoms with van der Waals surface area (Å²) in [7, 11) is 4.00. The van der Waals surface area contributed by atoms with Crippen molar-refractivity contribution in [3.05, 3.63) is 16.4 Å². The lowest BCUT2D eigenvalue weighted by molar-refractivity contribution is 0.0691. The molecule has 2 aromatic rings. The largest absolute Gasteiger partial charge is 0.476 e. The van der Waals surface area contributed by atoms with Crippen molar-refractivity contribution in [1.29, 1.82) is 0 Å². The topological polar surface area (TPSA) is 84.1 Å². The highest BCUT2D eigenvalue weighted by molar-refractivity contribution is 7.15. The summed E-state index contributed by atoms with van der Waals surface area (Å²) in [6.07, 6.45) is 0.874. The average Bonchev–Trinajstić information content (AvgIpc) is 2.92. The third-order valence-corrected chi connectivity index (χ3v) is 4.11. The molecule has 0 aliphatic rings. The fraction of sp³-hybridized carbons (Fsp3) is 0.538. The lowest BCUT2D eigenvalue weighted by Gasteiger charge is -2.10. The zero-order valence-electron chi connectivity index (χ0n) is 12.6. The van der Waals surface area contributed by atoms with Gasteiger partial charge in [-0.1, -0.05) is 5.21 Å². The number of aryl methyl sites for hydroxylation is 3. The maximum atomic E-state index is 11.4. The highest BCUT2D eigenvalue weighted by Crippen LogP contribution is 2.31. The first kappa shape index (κ1) is 15.6. The second-order valence-corrected chi connectivity index (χ2v) is 6.32. The van der Waals surface area contributed by atoms with Gasteiger partial charge in [0.1, 0.15) is 5.69 Å². The van der Waals surface area contributed by atoms with Gasteiger partial charge in [0.2, 0.25) is 0 Å². The molecule has 0 aromatic carbocycles. The minimum Gasteiger partial charge on any atom is -0.476 e. The van der Waals surface area contributed by atoms with Crippen LogP contribution in [0, 0.1) is 13.8 Å². The number of hydrogen-bond acceptors (Lipinski definition) is 6. The molecular formula is C13H19N5O2S. The summed E-state index contributed by atoms with van der Waals surface area (Å²) in [6.45, 7) is 5.32. The van der Waals surface area contributed by atoms with Crippen molar-refractivity contribution in [2.24, 2.45) is 0 Å². The van der Waals surface area contributed by atoms with E-state index in [1.54, 1.807) is 4.68 Å². The van der Waals surface area contributed by atoms with Crippen LogP contribution in [0.5, 0.6) is 0 Å². The van der Waals surface area contributed by atoms with Crippen molar-refractivity contribution in [2.75, 3.05) is 20.6 Å². The maximum Gasteiger partial charge on any atom is 0.358 e. The zero-order valence-corrected chi connectivity index (χ0v) is 13.4. The Bertz CT molecular complexity index is 647. The van der Waals surface area contributed by atoms with Gasteiger partial charge >= 0.3 is 5.97 Å². The van der Waals surface area contributed by atoms with Crippen LogP contribution in [0.25, 0.3) is 10.6 Å². The predicted octanol–water partition coefficient (Wildman–Crippen LogP) is 1.67. The smallest absolute Gasteiger partial charge is 0.358 e. The van der Waals surface area contributed by atoms with Crippen LogP contribution in [0.4, 0.5) is 0 Å². The SMILES string of the molecule is Cc1nc(C)c(-c2c(C(=O)O)nnn2CCCN(C)C)s1. The van der Waals surface area contributed by atoms with Crippen LogP contribution in [0.3, 0.4) is 0 Å². The number of rotatable bonds is 6. The van der Waals surface area contributed by atoms with Crippen molar-refractivity contribution in [2.45, 2.75) is 26.8 Å². The molecule has 0 aliphatic heterocycles. The van der Waals surface area contributed by atoms with Crippen molar-refractivity contribution in [3.63, 3.8) is 0 Å². The van der Waals surface area contributed by atoms with E-state index in [1.807, 2.05) is 27.9 Å². The molecule has 0 bridgehead atoms. The fourth-order valence-corrected chi connectivity index (χ4v) is 3.10. The van der Waals surface area contributed by atoms with Gasteiger partial charge in [-0.25, -0.2) is 14.5 Å². The van der Waals surface area contributed by atoms with E-state index in [0.717, 1.165) is 28.5 Å². The number of thiazole rings is 1. The Morgan fingerprint density at radius 2 is 2.10 bits per heavy atom. The van der Waals surface area contributed by atoms with Crippen molar-refractivity contribution in [1.82, 2.24) is 24.9 Å². The highest BCUT2D eigenvalue weighted by Gasteiger charge is 2.23. The van der Waals surface area contributed by atoms with Gasteiger partial charge < -0.3 is 10.0 Å². The number of carboxylic acids is 1. The Morgan fingerprint density at radius 3 is 2.62 bits per heavy atom. The van der Waals surface area contributed by atoms with Crippen LogP contribution < -0.4 is 0 Å². The molecule has 0 amide bonds. The van der Waals surface area contributed by atoms with E-state index in [-0.39, 0.29) is 5.69 Å². The Balaban J connectivity index is 2.38. The number of aromatic nitrogens is 4. The van der Waals surface area contributed by atoms with E-state index < -0.39 is 5.97 Å². The number of carboxylic acid groups (broad SMARTS) is 1. The minimum absolute atomic E-state index is 0.00777. The van der Waals surface area contributed by atoms with Crippen LogP contribution in [0.2, 0.25) is 0 Å². The molecule has 0 aliphatic carbocycles. The summed E-state index contributed by atoms with van der Waals surface area (Å²) in [5.74, 6) is -1.06. The second-order valence-electron chi connectivity index (χ2n) is 5.12. The van der Waals surface area contributed by atoms with Crippen LogP contribution in [-0.2, 0) is 6.54 Å². The first-order chi connectivity index (χ1) is 9.90. The third-order valence-electron chi connectivity index (χ3n) is 3.03. The first-order valence-electron chi connectivity index (χ1n) is 6.66. The number of hydrogen-bond donors (Lipinski definition) is 1. The molecule has 2 aromatic heterocycles. The summed E-state index contributed by atoms with van der Waals surface area (Å²) in [4.78, 5) is 18.6. The predicted molar refractivity (Wildman–Crippen MR) is 80.7 cm³/mol. The Hall–Kier alpha value is -1.80. The summed E-state index contributed by atoms with van der Waals surface area (Å²) in [6, 6.07) is 0. The lowest BCUT2D eigenvalue weighted by atomic mass is 10.2. The quantitative estimate of drug-likeness (QED) is 0.874. The monoisotopic (exact) mass is 309 g/mol. The number of aromatic carboxylic acids is 1. The molecule has 1 N–H and O–H groups in total. The summed E-state index contributed by atoms with van der Waals surface area (Å²) in [5.41, 5.74) is 1.37. The first-order valence-corrected chi connectivity index (χ1v) is 7.47. The maximum absolute atomic E-state index is 11.4. The summed E-state index contributed by atoms with van der Waals surface area (Å²) in [5, 5.41) is 18.0. The molecule has 0 spiro atoms. The zero-order chi connectivity index (χ0) is 15.6. The fourth-order valence-electron chi connectivity index (χ4n) is 2.13. The third kappa shape index (κ3) is 3.45. The molecule has 7 nitrogen and oxygen atoms in total. The number of carbonyl (C=O) groups is 1. The molecule has 8 heteroatoms. The Kier molecular flexibility index (Phi) is 4.69. The van der Waals surface area contributed by atoms with E-state index in [9.17, 15) is 9.90 Å². The van der Waals surface area contributed by atoms with Crippen LogP contribution in [0.15, 0.2) is 0 Å². The molecule has 114 valence electrons. The van der Waals surface area contributed by atoms with Gasteiger partial charge in [-0.05, 0) is 40.9 Å². The van der Waals surface area contributed by atoms with E-state index in [0.29, 0.717) is 12.2 Å². The van der Waals surface area contributed by atoms with E-state index in [2.05, 4.69) is 20.2 Å². The minimum atomic E-state index is -1.06. The standard InChI is InChI=1S/C13H19N5O2S/c1-8-12(21-9(2)14-8)11-10(13(19)20)15-16-18(11)7-5-6-17(3)4/h5-7H2,1-4H3,(H,19,20). The van der Waals surface area contributed by atoms with E-state index in [1.165, 1.54) is 11.3 Å². The highest BCUT2D eigenvalue weighted by atomic mass is 32.1. The molecule has 2 heterocycles. The number of nitrogens with zero attached hydrogens (tertiary/aromatic N) is 5. The summed E-state index contributed by atoms with van der Waals surface area (Å²) < 4.78 is 1.67. The molecular weight excluding hydrogens is 290 g/mol. The van der Waals surface area contributed by atoms with Gasteiger partial charge in [-0.3, -0.25) is 0 Å². The average molecular weight is 309 g/mol. The van der Waals surface area contributed by atoms with Gasteiger partial charge in [0.15, 0.2) is 5.69 Å². The van der Waals surface area contributed by atoms with E-state index >= 15 is 0 Å². The molecule has 0 unspecified atom stereocenters. The molecule has 0 fully saturated rings. The molecule has 0 saturated carbocycles. The molecule has 0 saturated heterocycles.